The number of carbonyl (C=O) groups excluding carboxylic acids is 1. The van der Waals surface area contributed by atoms with Crippen LogP contribution < -0.4 is 11.1 Å². The smallest absolute Gasteiger partial charge is 0.243 e. The second-order valence-corrected chi connectivity index (χ2v) is 11.4. The van der Waals surface area contributed by atoms with Crippen molar-refractivity contribution < 1.29 is 17.6 Å². The highest BCUT2D eigenvalue weighted by Gasteiger charge is 2.28. The zero-order valence-corrected chi connectivity index (χ0v) is 22.6. The first-order valence-corrected chi connectivity index (χ1v) is 14.2. The summed E-state index contributed by atoms with van der Waals surface area (Å²) in [6.45, 7) is 2.43. The molecule has 39 heavy (non-hydrogen) atoms. The topological polar surface area (TPSA) is 92.5 Å². The van der Waals surface area contributed by atoms with Crippen LogP contribution in [-0.4, -0.2) is 31.7 Å². The molecular formula is C31H32FN3O3S. The summed E-state index contributed by atoms with van der Waals surface area (Å²) in [5.41, 5.74) is 9.83. The van der Waals surface area contributed by atoms with Gasteiger partial charge in [0.2, 0.25) is 15.9 Å². The van der Waals surface area contributed by atoms with E-state index in [0.29, 0.717) is 17.7 Å². The van der Waals surface area contributed by atoms with Gasteiger partial charge in [-0.3, -0.25) is 4.79 Å². The van der Waals surface area contributed by atoms with E-state index in [9.17, 15) is 17.6 Å². The molecule has 4 rings (SSSR count). The first-order chi connectivity index (χ1) is 18.8. The van der Waals surface area contributed by atoms with Gasteiger partial charge in [0, 0.05) is 19.6 Å². The molecule has 0 radical (unpaired) electrons. The lowest BCUT2D eigenvalue weighted by molar-refractivity contribution is -0.121. The van der Waals surface area contributed by atoms with E-state index in [1.54, 1.807) is 24.3 Å². The summed E-state index contributed by atoms with van der Waals surface area (Å²) < 4.78 is 42.4. The first-order valence-electron chi connectivity index (χ1n) is 12.7. The van der Waals surface area contributed by atoms with E-state index in [-0.39, 0.29) is 36.3 Å². The quantitative estimate of drug-likeness (QED) is 0.276. The maximum absolute atomic E-state index is 13.8. The molecule has 0 saturated carbocycles. The molecule has 4 aromatic rings. The zero-order valence-electron chi connectivity index (χ0n) is 21.8. The number of carbonyl (C=O) groups is 1. The summed E-state index contributed by atoms with van der Waals surface area (Å²) in [7, 11) is -4.01. The number of amides is 1. The summed E-state index contributed by atoms with van der Waals surface area (Å²) in [4.78, 5) is 13.0. The Morgan fingerprint density at radius 1 is 0.872 bits per heavy atom. The molecule has 6 nitrogen and oxygen atoms in total. The van der Waals surface area contributed by atoms with Gasteiger partial charge in [-0.15, -0.1) is 0 Å². The first kappa shape index (κ1) is 28.2. The fourth-order valence-corrected chi connectivity index (χ4v) is 5.77. The van der Waals surface area contributed by atoms with Gasteiger partial charge >= 0.3 is 0 Å². The Labute approximate surface area is 229 Å². The Kier molecular flexibility index (Phi) is 9.24. The Balaban J connectivity index is 1.54. The molecule has 0 unspecified atom stereocenters. The normalized spacial score (nSPS) is 12.3. The lowest BCUT2D eigenvalue weighted by Crippen LogP contribution is -2.42. The van der Waals surface area contributed by atoms with Crippen LogP contribution in [0.5, 0.6) is 0 Å². The molecule has 1 atom stereocenters. The average Bonchev–Trinajstić information content (AvgIpc) is 2.96. The number of sulfonamides is 1. The molecule has 0 spiro atoms. The van der Waals surface area contributed by atoms with Crippen molar-refractivity contribution >= 4 is 15.9 Å². The van der Waals surface area contributed by atoms with E-state index in [1.807, 2.05) is 61.5 Å². The van der Waals surface area contributed by atoms with Gasteiger partial charge in [-0.2, -0.15) is 4.31 Å². The van der Waals surface area contributed by atoms with E-state index in [2.05, 4.69) is 5.32 Å². The molecular weight excluding hydrogens is 513 g/mol. The number of hydrogen-bond acceptors (Lipinski definition) is 4. The highest BCUT2D eigenvalue weighted by Crippen LogP contribution is 2.25. The third kappa shape index (κ3) is 7.38. The third-order valence-electron chi connectivity index (χ3n) is 6.56. The standard InChI is InChI=1S/C31H32FN3O3S/c1-23(26-6-3-2-4-7-26)21-35(22-31(36)34-20-25-12-10-24(19-33)11-13-25)39(37,38)30-16-14-27(15-17-30)28-8-5-9-29(32)18-28/h2-18,23H,19-22,33H2,1H3,(H,34,36)/t23-/m1/s1. The molecule has 0 fully saturated rings. The van der Waals surface area contributed by atoms with Crippen LogP contribution in [0.25, 0.3) is 11.1 Å². The van der Waals surface area contributed by atoms with Crippen molar-refractivity contribution in [3.63, 3.8) is 0 Å². The van der Waals surface area contributed by atoms with Crippen LogP contribution in [0.1, 0.15) is 29.5 Å². The second-order valence-electron chi connectivity index (χ2n) is 9.44. The Morgan fingerprint density at radius 3 is 2.18 bits per heavy atom. The Hall–Kier alpha value is -3.85. The van der Waals surface area contributed by atoms with E-state index >= 15 is 0 Å². The van der Waals surface area contributed by atoms with E-state index < -0.39 is 15.9 Å². The minimum absolute atomic E-state index is 0.0630. The number of nitrogens with zero attached hydrogens (tertiary/aromatic N) is 1. The van der Waals surface area contributed by atoms with Crippen LogP contribution in [0.4, 0.5) is 4.39 Å². The summed E-state index contributed by atoms with van der Waals surface area (Å²) in [5, 5.41) is 2.83. The van der Waals surface area contributed by atoms with Crippen molar-refractivity contribution in [2.75, 3.05) is 13.1 Å². The Morgan fingerprint density at radius 2 is 1.54 bits per heavy atom. The van der Waals surface area contributed by atoms with Gasteiger partial charge in [-0.05, 0) is 58.0 Å². The molecule has 3 N–H and O–H groups in total. The van der Waals surface area contributed by atoms with Crippen LogP contribution in [-0.2, 0) is 27.9 Å². The summed E-state index contributed by atoms with van der Waals surface area (Å²) in [6, 6.07) is 29.5. The Bertz CT molecular complexity index is 1490. The summed E-state index contributed by atoms with van der Waals surface area (Å²) in [5.74, 6) is -0.922. The molecule has 8 heteroatoms. The van der Waals surface area contributed by atoms with Gasteiger partial charge in [0.1, 0.15) is 5.82 Å². The highest BCUT2D eigenvalue weighted by atomic mass is 32.2. The van der Waals surface area contributed by atoms with Crippen LogP contribution in [0.3, 0.4) is 0 Å². The molecule has 1 amide bonds. The average molecular weight is 546 g/mol. The number of benzene rings is 4. The van der Waals surface area contributed by atoms with Gasteiger partial charge < -0.3 is 11.1 Å². The fourth-order valence-electron chi connectivity index (χ4n) is 4.29. The van der Waals surface area contributed by atoms with Gasteiger partial charge in [0.05, 0.1) is 11.4 Å². The van der Waals surface area contributed by atoms with Gasteiger partial charge in [0.15, 0.2) is 0 Å². The van der Waals surface area contributed by atoms with Crippen LogP contribution in [0, 0.1) is 5.82 Å². The van der Waals surface area contributed by atoms with Crippen molar-refractivity contribution in [3.8, 4) is 11.1 Å². The largest absolute Gasteiger partial charge is 0.351 e. The van der Waals surface area contributed by atoms with E-state index in [1.165, 1.54) is 28.6 Å². The molecule has 0 aliphatic carbocycles. The SMILES string of the molecule is C[C@H](CN(CC(=O)NCc1ccc(CN)cc1)S(=O)(=O)c1ccc(-c2cccc(F)c2)cc1)c1ccccc1. The molecule has 0 aromatic heterocycles. The fraction of sp³-hybridized carbons (Fsp3) is 0.194. The predicted molar refractivity (Wildman–Crippen MR) is 152 cm³/mol. The summed E-state index contributed by atoms with van der Waals surface area (Å²) >= 11 is 0. The molecule has 0 bridgehead atoms. The lowest BCUT2D eigenvalue weighted by atomic mass is 10.0. The van der Waals surface area contributed by atoms with Crippen LogP contribution >= 0.6 is 0 Å². The number of nitrogens with one attached hydrogen (secondary N) is 1. The number of hydrogen-bond donors (Lipinski definition) is 2. The molecule has 0 saturated heterocycles. The minimum atomic E-state index is -4.01. The number of rotatable bonds is 11. The summed E-state index contributed by atoms with van der Waals surface area (Å²) in [6.07, 6.45) is 0. The van der Waals surface area contributed by atoms with Crippen molar-refractivity contribution in [1.82, 2.24) is 9.62 Å². The van der Waals surface area contributed by atoms with Gasteiger partial charge in [-0.1, -0.05) is 85.8 Å². The zero-order chi connectivity index (χ0) is 27.8. The van der Waals surface area contributed by atoms with E-state index in [4.69, 9.17) is 5.73 Å². The van der Waals surface area contributed by atoms with E-state index in [0.717, 1.165) is 16.7 Å². The maximum Gasteiger partial charge on any atom is 0.243 e. The molecule has 4 aromatic carbocycles. The predicted octanol–water partition coefficient (Wildman–Crippen LogP) is 5.06. The number of nitrogens with two attached hydrogens (primary N) is 1. The highest BCUT2D eigenvalue weighted by molar-refractivity contribution is 7.89. The maximum atomic E-state index is 13.8. The lowest BCUT2D eigenvalue weighted by Gasteiger charge is -2.25. The van der Waals surface area contributed by atoms with Crippen molar-refractivity contribution in [2.24, 2.45) is 5.73 Å². The molecule has 0 heterocycles. The third-order valence-corrected chi connectivity index (χ3v) is 8.39. The van der Waals surface area contributed by atoms with Crippen LogP contribution in [0.2, 0.25) is 0 Å². The van der Waals surface area contributed by atoms with Crippen molar-refractivity contribution in [2.45, 2.75) is 30.8 Å². The van der Waals surface area contributed by atoms with Crippen molar-refractivity contribution in [3.05, 3.63) is 126 Å². The monoisotopic (exact) mass is 545 g/mol. The number of halogens is 1. The van der Waals surface area contributed by atoms with Crippen molar-refractivity contribution in [1.29, 1.82) is 0 Å². The molecule has 202 valence electrons. The van der Waals surface area contributed by atoms with Gasteiger partial charge in [0.25, 0.3) is 0 Å². The molecule has 0 aliphatic heterocycles. The van der Waals surface area contributed by atoms with Crippen LogP contribution in [0.15, 0.2) is 108 Å². The molecule has 0 aliphatic rings. The minimum Gasteiger partial charge on any atom is -0.351 e. The second kappa shape index (κ2) is 12.8. The van der Waals surface area contributed by atoms with Gasteiger partial charge in [-0.25, -0.2) is 12.8 Å².